The second-order valence-corrected chi connectivity index (χ2v) is 7.91. The van der Waals surface area contributed by atoms with Crippen molar-refractivity contribution in [1.82, 2.24) is 10.2 Å². The number of likely N-dealkylation sites (tertiary alicyclic amines) is 1. The molecular weight excluding hydrogens is 316 g/mol. The summed E-state index contributed by atoms with van der Waals surface area (Å²) in [5, 5.41) is 3.48. The summed E-state index contributed by atoms with van der Waals surface area (Å²) in [5.74, 6) is 1.54. The molecular formula is C20H30N2O3. The monoisotopic (exact) mass is 346 g/mol. The van der Waals surface area contributed by atoms with E-state index in [1.165, 1.54) is 6.42 Å². The van der Waals surface area contributed by atoms with Crippen LogP contribution in [0.5, 0.6) is 11.5 Å². The molecule has 1 aromatic rings. The molecule has 5 heteroatoms. The van der Waals surface area contributed by atoms with Crippen molar-refractivity contribution in [2.24, 2.45) is 5.41 Å². The Morgan fingerprint density at radius 3 is 2.36 bits per heavy atom. The smallest absolute Gasteiger partial charge is 0.232 e. The first-order valence-electron chi connectivity index (χ1n) is 9.14. The van der Waals surface area contributed by atoms with Crippen LogP contribution in [-0.4, -0.2) is 51.2 Å². The first kappa shape index (κ1) is 18.1. The largest absolute Gasteiger partial charge is 0.493 e. The number of ether oxygens (including phenoxy) is 2. The van der Waals surface area contributed by atoms with E-state index >= 15 is 0 Å². The number of rotatable bonds is 4. The van der Waals surface area contributed by atoms with E-state index in [0.717, 1.165) is 44.6 Å². The number of hydrogen-bond donors (Lipinski definition) is 1. The normalized spacial score (nSPS) is 19.9. The van der Waals surface area contributed by atoms with Crippen LogP contribution in [0.2, 0.25) is 0 Å². The zero-order valence-corrected chi connectivity index (χ0v) is 15.9. The molecule has 138 valence electrons. The van der Waals surface area contributed by atoms with Crippen molar-refractivity contribution in [3.8, 4) is 11.5 Å². The van der Waals surface area contributed by atoms with Crippen LogP contribution < -0.4 is 14.8 Å². The van der Waals surface area contributed by atoms with E-state index in [1.54, 1.807) is 14.2 Å². The summed E-state index contributed by atoms with van der Waals surface area (Å²) < 4.78 is 10.7. The van der Waals surface area contributed by atoms with Gasteiger partial charge in [-0.05, 0) is 62.8 Å². The van der Waals surface area contributed by atoms with E-state index < -0.39 is 5.41 Å². The van der Waals surface area contributed by atoms with E-state index in [4.69, 9.17) is 9.47 Å². The minimum absolute atomic E-state index is 0.195. The molecule has 1 spiro atoms. The van der Waals surface area contributed by atoms with E-state index in [1.807, 2.05) is 36.9 Å². The van der Waals surface area contributed by atoms with Crippen LogP contribution in [0.15, 0.2) is 18.2 Å². The second-order valence-electron chi connectivity index (χ2n) is 7.91. The molecule has 0 atom stereocenters. The maximum Gasteiger partial charge on any atom is 0.232 e. The van der Waals surface area contributed by atoms with Crippen molar-refractivity contribution >= 4 is 5.91 Å². The number of carbonyl (C=O) groups excluding carboxylic acids is 1. The quantitative estimate of drug-likeness (QED) is 0.910. The third kappa shape index (κ3) is 3.34. The second kappa shape index (κ2) is 6.87. The molecule has 25 heavy (non-hydrogen) atoms. The van der Waals surface area contributed by atoms with E-state index in [9.17, 15) is 4.79 Å². The Kier molecular flexibility index (Phi) is 4.96. The summed E-state index contributed by atoms with van der Waals surface area (Å²) in [7, 11) is 3.24. The Balaban J connectivity index is 1.74. The Hall–Kier alpha value is -1.75. The minimum atomic E-state index is -0.585. The Bertz CT molecular complexity index is 626. The number of nitrogens with zero attached hydrogens (tertiary/aromatic N) is 1. The highest BCUT2D eigenvalue weighted by molar-refractivity contribution is 5.87. The van der Waals surface area contributed by atoms with Crippen LogP contribution in [0.1, 0.15) is 38.7 Å². The van der Waals surface area contributed by atoms with Crippen LogP contribution >= 0.6 is 0 Å². The van der Waals surface area contributed by atoms with Crippen LogP contribution in [0, 0.1) is 5.41 Å². The van der Waals surface area contributed by atoms with E-state index in [0.29, 0.717) is 16.9 Å². The zero-order chi connectivity index (χ0) is 18.1. The average molecular weight is 346 g/mol. The van der Waals surface area contributed by atoms with Crippen molar-refractivity contribution in [3.05, 3.63) is 23.8 Å². The fourth-order valence-electron chi connectivity index (χ4n) is 4.15. The fraction of sp³-hybridized carbons (Fsp3) is 0.650. The molecule has 0 saturated carbocycles. The molecule has 0 radical (unpaired) electrons. The maximum atomic E-state index is 13.2. The van der Waals surface area contributed by atoms with Gasteiger partial charge in [0.05, 0.1) is 19.6 Å². The van der Waals surface area contributed by atoms with Gasteiger partial charge in [-0.3, -0.25) is 4.79 Å². The predicted molar refractivity (Wildman–Crippen MR) is 98.3 cm³/mol. The average Bonchev–Trinajstić information content (AvgIpc) is 3.09. The van der Waals surface area contributed by atoms with Gasteiger partial charge in [0.2, 0.25) is 5.91 Å². The number of piperidine rings is 1. The van der Waals surface area contributed by atoms with Gasteiger partial charge in [-0.2, -0.15) is 0 Å². The molecule has 2 heterocycles. The molecule has 5 nitrogen and oxygen atoms in total. The number of hydrogen-bond acceptors (Lipinski definition) is 4. The zero-order valence-electron chi connectivity index (χ0n) is 15.9. The van der Waals surface area contributed by atoms with Crippen molar-refractivity contribution < 1.29 is 14.3 Å². The van der Waals surface area contributed by atoms with Crippen molar-refractivity contribution in [2.75, 3.05) is 40.4 Å². The number of methoxy groups -OCH3 is 2. The minimum Gasteiger partial charge on any atom is -0.493 e. The molecule has 1 aromatic carbocycles. The summed E-state index contributed by atoms with van der Waals surface area (Å²) in [6.45, 7) is 7.93. The summed E-state index contributed by atoms with van der Waals surface area (Å²) in [6.07, 6.45) is 3.45. The van der Waals surface area contributed by atoms with Crippen LogP contribution in [0.25, 0.3) is 0 Å². The maximum absolute atomic E-state index is 13.2. The van der Waals surface area contributed by atoms with E-state index in [2.05, 4.69) is 5.32 Å². The molecule has 0 bridgehead atoms. The number of benzene rings is 1. The summed E-state index contributed by atoms with van der Waals surface area (Å²) in [4.78, 5) is 15.3. The molecule has 0 aromatic heterocycles. The van der Waals surface area contributed by atoms with Crippen molar-refractivity contribution in [2.45, 2.75) is 38.5 Å². The third-order valence-electron chi connectivity index (χ3n) is 6.08. The molecule has 2 saturated heterocycles. The van der Waals surface area contributed by atoms with Crippen LogP contribution in [-0.2, 0) is 10.2 Å². The van der Waals surface area contributed by atoms with Gasteiger partial charge >= 0.3 is 0 Å². The highest BCUT2D eigenvalue weighted by Crippen LogP contribution is 2.39. The van der Waals surface area contributed by atoms with Gasteiger partial charge in [0, 0.05) is 19.6 Å². The first-order valence-corrected chi connectivity index (χ1v) is 9.14. The predicted octanol–water partition coefficient (Wildman–Crippen LogP) is 2.58. The first-order chi connectivity index (χ1) is 11.9. The van der Waals surface area contributed by atoms with E-state index in [-0.39, 0.29) is 5.91 Å². The Labute approximate surface area is 150 Å². The molecule has 3 rings (SSSR count). The Morgan fingerprint density at radius 2 is 1.80 bits per heavy atom. The van der Waals surface area contributed by atoms with Crippen LogP contribution in [0.4, 0.5) is 0 Å². The molecule has 2 aliphatic heterocycles. The Morgan fingerprint density at radius 1 is 1.12 bits per heavy atom. The third-order valence-corrected chi connectivity index (χ3v) is 6.08. The van der Waals surface area contributed by atoms with Gasteiger partial charge in [0.15, 0.2) is 11.5 Å². The molecule has 1 N–H and O–H groups in total. The number of amides is 1. The summed E-state index contributed by atoms with van der Waals surface area (Å²) in [5.41, 5.74) is 0.792. The SMILES string of the molecule is COc1ccc(C(C)(C)C(=O)N2CCC3(CCNC3)CC2)cc1OC. The topological polar surface area (TPSA) is 50.8 Å². The molecule has 0 aliphatic carbocycles. The van der Waals surface area contributed by atoms with Gasteiger partial charge in [0.1, 0.15) is 0 Å². The highest BCUT2D eigenvalue weighted by atomic mass is 16.5. The van der Waals surface area contributed by atoms with Crippen molar-refractivity contribution in [1.29, 1.82) is 0 Å². The van der Waals surface area contributed by atoms with Crippen molar-refractivity contribution in [3.63, 3.8) is 0 Å². The lowest BCUT2D eigenvalue weighted by molar-refractivity contribution is -0.138. The fourth-order valence-corrected chi connectivity index (χ4v) is 4.15. The number of carbonyl (C=O) groups is 1. The van der Waals surface area contributed by atoms with Gasteiger partial charge < -0.3 is 19.7 Å². The molecule has 2 aliphatic rings. The van der Waals surface area contributed by atoms with Gasteiger partial charge in [0.25, 0.3) is 0 Å². The lowest BCUT2D eigenvalue weighted by atomic mass is 9.76. The molecule has 2 fully saturated rings. The lowest BCUT2D eigenvalue weighted by Crippen LogP contribution is -2.49. The standard InChI is InChI=1S/C20H30N2O3/c1-19(2,15-5-6-16(24-3)17(13-15)25-4)18(23)22-11-8-20(9-12-22)7-10-21-14-20/h5-6,13,21H,7-12,14H2,1-4H3. The van der Waals surface area contributed by atoms with Gasteiger partial charge in [-0.15, -0.1) is 0 Å². The lowest BCUT2D eigenvalue weighted by Gasteiger charge is -2.41. The van der Waals surface area contributed by atoms with Crippen LogP contribution in [0.3, 0.4) is 0 Å². The highest BCUT2D eigenvalue weighted by Gasteiger charge is 2.41. The molecule has 0 unspecified atom stereocenters. The summed E-state index contributed by atoms with van der Waals surface area (Å²) in [6, 6.07) is 5.76. The number of nitrogens with one attached hydrogen (secondary N) is 1. The molecule has 1 amide bonds. The van der Waals surface area contributed by atoms with Gasteiger partial charge in [-0.25, -0.2) is 0 Å². The summed E-state index contributed by atoms with van der Waals surface area (Å²) >= 11 is 0. The van der Waals surface area contributed by atoms with Gasteiger partial charge in [-0.1, -0.05) is 6.07 Å².